The third-order valence-electron chi connectivity index (χ3n) is 3.64. The van der Waals surface area contributed by atoms with Crippen LogP contribution in [0.5, 0.6) is 0 Å². The molecule has 2 atom stereocenters. The van der Waals surface area contributed by atoms with Crippen molar-refractivity contribution >= 4 is 27.0 Å². The van der Waals surface area contributed by atoms with Crippen molar-refractivity contribution in [2.75, 3.05) is 25.5 Å². The summed E-state index contributed by atoms with van der Waals surface area (Å²) in [6.07, 6.45) is 3.66. The average Bonchev–Trinajstić information content (AvgIpc) is 2.60. The van der Waals surface area contributed by atoms with E-state index in [0.29, 0.717) is 13.0 Å². The Morgan fingerprint density at radius 3 is 2.18 bits per heavy atom. The first kappa shape index (κ1) is 28.8. The SMILES string of the molecule is CCOP(=O)(OCC)C(NCCCCCCSc1ccccc1)P(=O)([O-])O.[Na+]. The van der Waals surface area contributed by atoms with Crippen molar-refractivity contribution in [1.82, 2.24) is 5.32 Å². The normalized spacial score (nSPS) is 14.9. The fourth-order valence-corrected chi connectivity index (χ4v) is 7.02. The number of rotatable bonds is 15. The van der Waals surface area contributed by atoms with Crippen molar-refractivity contribution < 1.29 is 57.5 Å². The Morgan fingerprint density at radius 1 is 1.07 bits per heavy atom. The van der Waals surface area contributed by atoms with E-state index in [4.69, 9.17) is 9.05 Å². The molecule has 1 rings (SSSR count). The molecule has 0 spiro atoms. The Balaban J connectivity index is 0.00000729. The quantitative estimate of drug-likeness (QED) is 0.173. The van der Waals surface area contributed by atoms with Gasteiger partial charge in [0.1, 0.15) is 0 Å². The molecule has 0 heterocycles. The van der Waals surface area contributed by atoms with E-state index in [1.165, 1.54) is 4.90 Å². The van der Waals surface area contributed by atoms with E-state index in [2.05, 4.69) is 17.4 Å². The number of hydrogen-bond donors (Lipinski definition) is 2. The van der Waals surface area contributed by atoms with E-state index in [-0.39, 0.29) is 42.8 Å². The molecule has 2 N–H and O–H groups in total. The minimum Gasteiger partial charge on any atom is -0.777 e. The Bertz CT molecular complexity index is 609. The van der Waals surface area contributed by atoms with Gasteiger partial charge in [0.2, 0.25) is 0 Å². The molecule has 0 saturated carbocycles. The summed E-state index contributed by atoms with van der Waals surface area (Å²) in [5.41, 5.74) is -1.74. The van der Waals surface area contributed by atoms with Crippen LogP contribution in [-0.2, 0) is 18.2 Å². The summed E-state index contributed by atoms with van der Waals surface area (Å²) >= 11 is 1.81. The van der Waals surface area contributed by atoms with Gasteiger partial charge in [-0.2, -0.15) is 0 Å². The summed E-state index contributed by atoms with van der Waals surface area (Å²) in [6.45, 7) is 3.52. The van der Waals surface area contributed by atoms with Crippen molar-refractivity contribution in [1.29, 1.82) is 0 Å². The molecule has 0 aliphatic heterocycles. The number of unbranched alkanes of at least 4 members (excludes halogenated alkanes) is 3. The van der Waals surface area contributed by atoms with Crippen LogP contribution in [0.1, 0.15) is 39.5 Å². The predicted molar refractivity (Wildman–Crippen MR) is 108 cm³/mol. The van der Waals surface area contributed by atoms with Crippen molar-refractivity contribution in [2.24, 2.45) is 0 Å². The molecular formula is C17H30NNaO6P2S. The zero-order valence-corrected chi connectivity index (χ0v) is 21.5. The number of benzene rings is 1. The molecule has 0 saturated heterocycles. The standard InChI is InChI=1S/C17H31NO6P2S.Na/c1-3-23-26(22,24-4-2)17(25(19,20)21)18-14-10-5-6-11-15-27-16-12-8-7-9-13-16;/h7-9,12-13,17-18H,3-6,10-11,14-15H2,1-2H3,(H2,19,20,21);/q;+1/p-1. The Kier molecular flexibility index (Phi) is 16.1. The van der Waals surface area contributed by atoms with Gasteiger partial charge in [-0.05, 0) is 51.1 Å². The summed E-state index contributed by atoms with van der Waals surface area (Å²) < 4.78 is 34.4. The van der Waals surface area contributed by atoms with E-state index >= 15 is 0 Å². The van der Waals surface area contributed by atoms with E-state index in [9.17, 15) is 18.9 Å². The molecule has 0 aliphatic carbocycles. The summed E-state index contributed by atoms with van der Waals surface area (Å²) in [4.78, 5) is 22.4. The third kappa shape index (κ3) is 11.3. The van der Waals surface area contributed by atoms with Gasteiger partial charge in [-0.15, -0.1) is 11.8 Å². The van der Waals surface area contributed by atoms with Crippen LogP contribution in [0.15, 0.2) is 35.2 Å². The summed E-state index contributed by atoms with van der Waals surface area (Å²) in [5.74, 6) is 1.02. The number of hydrogen-bond acceptors (Lipinski definition) is 7. The van der Waals surface area contributed by atoms with Gasteiger partial charge < -0.3 is 23.4 Å². The molecule has 11 heteroatoms. The fraction of sp³-hybridized carbons (Fsp3) is 0.647. The van der Waals surface area contributed by atoms with Gasteiger partial charge in [-0.1, -0.05) is 31.0 Å². The second kappa shape index (κ2) is 15.6. The maximum absolute atomic E-state index is 12.7. The first-order chi connectivity index (χ1) is 12.8. The summed E-state index contributed by atoms with van der Waals surface area (Å²) in [7, 11) is -8.93. The molecule has 0 amide bonds. The van der Waals surface area contributed by atoms with E-state index in [0.717, 1.165) is 25.0 Å². The van der Waals surface area contributed by atoms with Gasteiger partial charge in [0.25, 0.3) is 0 Å². The second-order valence-electron chi connectivity index (χ2n) is 5.84. The predicted octanol–water partition coefficient (Wildman–Crippen LogP) is 1.03. The molecule has 0 bridgehead atoms. The van der Waals surface area contributed by atoms with Crippen molar-refractivity contribution in [3.63, 3.8) is 0 Å². The second-order valence-corrected chi connectivity index (χ2v) is 11.2. The van der Waals surface area contributed by atoms with Gasteiger partial charge in [-0.3, -0.25) is 9.88 Å². The molecule has 1 aromatic rings. The van der Waals surface area contributed by atoms with Crippen molar-refractivity contribution in [3.8, 4) is 0 Å². The average molecular weight is 461 g/mol. The Morgan fingerprint density at radius 2 is 1.64 bits per heavy atom. The van der Waals surface area contributed by atoms with Crippen LogP contribution in [-0.4, -0.2) is 35.9 Å². The van der Waals surface area contributed by atoms with Crippen LogP contribution in [0.4, 0.5) is 0 Å². The van der Waals surface area contributed by atoms with Gasteiger partial charge in [0.15, 0.2) is 13.1 Å². The van der Waals surface area contributed by atoms with Gasteiger partial charge in [0.05, 0.1) is 13.2 Å². The molecule has 28 heavy (non-hydrogen) atoms. The minimum absolute atomic E-state index is 0. The smallest absolute Gasteiger partial charge is 0.777 e. The van der Waals surface area contributed by atoms with Crippen LogP contribution in [0.2, 0.25) is 0 Å². The van der Waals surface area contributed by atoms with Crippen molar-refractivity contribution in [3.05, 3.63) is 30.3 Å². The summed E-state index contributed by atoms with van der Waals surface area (Å²) in [5, 5.41) is 2.64. The maximum Gasteiger partial charge on any atom is 1.00 e. The molecule has 0 fully saturated rings. The zero-order chi connectivity index (χ0) is 20.2. The number of thioether (sulfide) groups is 1. The topological polar surface area (TPSA) is 108 Å². The number of nitrogens with one attached hydrogen (secondary N) is 1. The van der Waals surface area contributed by atoms with Gasteiger partial charge in [0, 0.05) is 4.90 Å². The van der Waals surface area contributed by atoms with Crippen LogP contribution < -0.4 is 39.8 Å². The minimum atomic E-state index is -4.93. The molecule has 0 aliphatic rings. The Labute approximate surface area is 194 Å². The van der Waals surface area contributed by atoms with Crippen LogP contribution in [0, 0.1) is 0 Å². The first-order valence-corrected chi connectivity index (χ1v) is 13.4. The monoisotopic (exact) mass is 461 g/mol. The van der Waals surface area contributed by atoms with E-state index in [1.807, 2.05) is 30.0 Å². The van der Waals surface area contributed by atoms with E-state index < -0.39 is 20.7 Å². The molecular weight excluding hydrogens is 431 g/mol. The third-order valence-corrected chi connectivity index (χ3v) is 9.28. The van der Waals surface area contributed by atoms with Crippen LogP contribution in [0.25, 0.3) is 0 Å². The van der Waals surface area contributed by atoms with Crippen LogP contribution >= 0.6 is 27.0 Å². The zero-order valence-electron chi connectivity index (χ0n) is 16.9. The van der Waals surface area contributed by atoms with Gasteiger partial charge >= 0.3 is 37.2 Å². The largest absolute Gasteiger partial charge is 1.00 e. The molecule has 0 aromatic heterocycles. The van der Waals surface area contributed by atoms with E-state index in [1.54, 1.807) is 13.8 Å². The van der Waals surface area contributed by atoms with Crippen LogP contribution in [0.3, 0.4) is 0 Å². The Hall–Kier alpha value is 0.830. The molecule has 0 radical (unpaired) electrons. The van der Waals surface area contributed by atoms with Crippen molar-refractivity contribution in [2.45, 2.75) is 50.0 Å². The molecule has 1 aromatic carbocycles. The fourth-order valence-electron chi connectivity index (χ4n) is 2.46. The molecule has 2 unspecified atom stereocenters. The molecule has 156 valence electrons. The molecule has 7 nitrogen and oxygen atoms in total. The maximum atomic E-state index is 12.7. The summed E-state index contributed by atoms with van der Waals surface area (Å²) in [6, 6.07) is 10.2. The van der Waals surface area contributed by atoms with Gasteiger partial charge in [-0.25, -0.2) is 0 Å². The first-order valence-electron chi connectivity index (χ1n) is 9.17.